The highest BCUT2D eigenvalue weighted by molar-refractivity contribution is 5.69. The Morgan fingerprint density at radius 3 is 2.42 bits per heavy atom. The predicted molar refractivity (Wildman–Crippen MR) is 74.8 cm³/mol. The maximum atomic E-state index is 13.5. The number of ether oxygens (including phenoxy) is 2. The van der Waals surface area contributed by atoms with Crippen LogP contribution in [0.1, 0.15) is 12.5 Å². The normalized spacial score (nSPS) is 17.1. The Balaban J connectivity index is 1.72. The van der Waals surface area contributed by atoms with Gasteiger partial charge in [0.15, 0.2) is 11.6 Å². The van der Waals surface area contributed by atoms with E-state index in [0.717, 1.165) is 0 Å². The third-order valence-corrected chi connectivity index (χ3v) is 3.41. The molecule has 0 saturated carbocycles. The van der Waals surface area contributed by atoms with E-state index >= 15 is 0 Å². The zero-order valence-electron chi connectivity index (χ0n) is 12.5. The van der Waals surface area contributed by atoms with E-state index < -0.39 is 29.3 Å². The van der Waals surface area contributed by atoms with Gasteiger partial charge in [0.2, 0.25) is 5.75 Å². The maximum absolute atomic E-state index is 13.5. The standard InChI is InChI=1S/C15H12F3N3O3/c1-8-7-23-15(22)21(8)6-9-4-19-14(20-5-9)24-13-11(17)2-10(16)3-12(13)18/h2-5,8H,6-7H2,1H3/t8-/m0/s1. The Labute approximate surface area is 134 Å². The lowest BCUT2D eigenvalue weighted by Gasteiger charge is -2.17. The summed E-state index contributed by atoms with van der Waals surface area (Å²) in [5.74, 6) is -4.25. The third kappa shape index (κ3) is 3.24. The molecule has 1 saturated heterocycles. The minimum Gasteiger partial charge on any atom is -0.447 e. The van der Waals surface area contributed by atoms with Crippen LogP contribution in [0.3, 0.4) is 0 Å². The van der Waals surface area contributed by atoms with Gasteiger partial charge in [-0.25, -0.2) is 27.9 Å². The molecule has 0 unspecified atom stereocenters. The molecule has 2 aromatic rings. The highest BCUT2D eigenvalue weighted by atomic mass is 19.1. The van der Waals surface area contributed by atoms with Crippen molar-refractivity contribution >= 4 is 6.09 Å². The lowest BCUT2D eigenvalue weighted by molar-refractivity contribution is 0.156. The first kappa shape index (κ1) is 16.0. The number of carbonyl (C=O) groups is 1. The summed E-state index contributed by atoms with van der Waals surface area (Å²) in [6.07, 6.45) is 2.29. The number of hydrogen-bond acceptors (Lipinski definition) is 5. The second-order valence-corrected chi connectivity index (χ2v) is 5.23. The molecule has 126 valence electrons. The van der Waals surface area contributed by atoms with Crippen LogP contribution in [-0.4, -0.2) is 33.6 Å². The number of rotatable bonds is 4. The summed E-state index contributed by atoms with van der Waals surface area (Å²) in [7, 11) is 0. The summed E-state index contributed by atoms with van der Waals surface area (Å²) >= 11 is 0. The van der Waals surface area contributed by atoms with Crippen molar-refractivity contribution in [2.45, 2.75) is 19.5 Å². The van der Waals surface area contributed by atoms with E-state index in [1.807, 2.05) is 6.92 Å². The lowest BCUT2D eigenvalue weighted by Crippen LogP contribution is -2.30. The number of amides is 1. The van der Waals surface area contributed by atoms with Crippen LogP contribution in [0.15, 0.2) is 24.5 Å². The van der Waals surface area contributed by atoms with E-state index in [2.05, 4.69) is 9.97 Å². The number of aromatic nitrogens is 2. The maximum Gasteiger partial charge on any atom is 0.410 e. The van der Waals surface area contributed by atoms with Crippen LogP contribution >= 0.6 is 0 Å². The van der Waals surface area contributed by atoms with Crippen LogP contribution in [0.25, 0.3) is 0 Å². The zero-order chi connectivity index (χ0) is 17.3. The molecule has 6 nitrogen and oxygen atoms in total. The Kier molecular flexibility index (Phi) is 4.24. The van der Waals surface area contributed by atoms with Crippen molar-refractivity contribution < 1.29 is 27.4 Å². The Bertz CT molecular complexity index is 747. The van der Waals surface area contributed by atoms with Gasteiger partial charge in [-0.3, -0.25) is 4.90 Å². The molecule has 1 aromatic carbocycles. The molecular weight excluding hydrogens is 327 g/mol. The van der Waals surface area contributed by atoms with Crippen molar-refractivity contribution in [1.29, 1.82) is 0 Å². The van der Waals surface area contributed by atoms with Crippen LogP contribution in [0.4, 0.5) is 18.0 Å². The number of halogens is 3. The molecule has 0 bridgehead atoms. The average molecular weight is 339 g/mol. The summed E-state index contributed by atoms with van der Waals surface area (Å²) in [6.45, 7) is 2.38. The molecule has 1 aliphatic heterocycles. The smallest absolute Gasteiger partial charge is 0.410 e. The van der Waals surface area contributed by atoms with Gasteiger partial charge in [0.1, 0.15) is 12.4 Å². The van der Waals surface area contributed by atoms with E-state index in [1.54, 1.807) is 0 Å². The van der Waals surface area contributed by atoms with Crippen molar-refractivity contribution in [1.82, 2.24) is 14.9 Å². The molecule has 1 aliphatic rings. The first-order valence-electron chi connectivity index (χ1n) is 7.00. The van der Waals surface area contributed by atoms with Crippen LogP contribution < -0.4 is 4.74 Å². The van der Waals surface area contributed by atoms with Crippen LogP contribution in [0.5, 0.6) is 11.8 Å². The number of cyclic esters (lactones) is 1. The van der Waals surface area contributed by atoms with Gasteiger partial charge in [0, 0.05) is 30.1 Å². The van der Waals surface area contributed by atoms with Gasteiger partial charge in [-0.2, -0.15) is 0 Å². The highest BCUT2D eigenvalue weighted by Gasteiger charge is 2.29. The van der Waals surface area contributed by atoms with Crippen molar-refractivity contribution in [3.63, 3.8) is 0 Å². The van der Waals surface area contributed by atoms with E-state index in [-0.39, 0.29) is 18.6 Å². The minimum absolute atomic E-state index is 0.0733. The number of carbonyl (C=O) groups excluding carboxylic acids is 1. The van der Waals surface area contributed by atoms with E-state index in [4.69, 9.17) is 9.47 Å². The molecule has 1 atom stereocenters. The molecule has 9 heteroatoms. The summed E-state index contributed by atoms with van der Waals surface area (Å²) in [4.78, 5) is 20.7. The van der Waals surface area contributed by atoms with Gasteiger partial charge in [-0.05, 0) is 6.92 Å². The average Bonchev–Trinajstić information content (AvgIpc) is 2.84. The van der Waals surface area contributed by atoms with Crippen molar-refractivity contribution in [2.24, 2.45) is 0 Å². The topological polar surface area (TPSA) is 64.5 Å². The number of hydrogen-bond donors (Lipinski definition) is 0. The summed E-state index contributed by atoms with van der Waals surface area (Å²) in [5.41, 5.74) is 0.591. The number of benzene rings is 1. The van der Waals surface area contributed by atoms with E-state index in [1.165, 1.54) is 17.3 Å². The molecule has 3 rings (SSSR count). The first-order chi connectivity index (χ1) is 11.4. The monoisotopic (exact) mass is 339 g/mol. The van der Waals surface area contributed by atoms with Gasteiger partial charge in [0.25, 0.3) is 0 Å². The Hall–Kier alpha value is -2.84. The van der Waals surface area contributed by atoms with Crippen molar-refractivity contribution in [2.75, 3.05) is 6.61 Å². The van der Waals surface area contributed by atoms with Gasteiger partial charge < -0.3 is 9.47 Å². The SMILES string of the molecule is C[C@H]1COC(=O)N1Cc1cnc(Oc2c(F)cc(F)cc2F)nc1. The lowest BCUT2D eigenvalue weighted by atomic mass is 10.2. The highest BCUT2D eigenvalue weighted by Crippen LogP contribution is 2.26. The number of nitrogens with zero attached hydrogens (tertiary/aromatic N) is 3. The first-order valence-corrected chi connectivity index (χ1v) is 7.00. The van der Waals surface area contributed by atoms with Crippen LogP contribution in [0, 0.1) is 17.5 Å². The zero-order valence-corrected chi connectivity index (χ0v) is 12.5. The second-order valence-electron chi connectivity index (χ2n) is 5.23. The largest absolute Gasteiger partial charge is 0.447 e. The van der Waals surface area contributed by atoms with Gasteiger partial charge in [0.05, 0.1) is 12.6 Å². The predicted octanol–water partition coefficient (Wildman–Crippen LogP) is 3.03. The van der Waals surface area contributed by atoms with Crippen molar-refractivity contribution in [3.8, 4) is 11.8 Å². The second kappa shape index (κ2) is 6.34. The van der Waals surface area contributed by atoms with E-state index in [9.17, 15) is 18.0 Å². The molecule has 0 aliphatic carbocycles. The molecule has 1 amide bonds. The molecular formula is C15H12F3N3O3. The molecule has 1 fully saturated rings. The van der Waals surface area contributed by atoms with Gasteiger partial charge >= 0.3 is 12.1 Å². The fourth-order valence-electron chi connectivity index (χ4n) is 2.16. The molecule has 24 heavy (non-hydrogen) atoms. The Morgan fingerprint density at radius 1 is 1.25 bits per heavy atom. The molecule has 0 N–H and O–H groups in total. The van der Waals surface area contributed by atoms with Gasteiger partial charge in [-0.15, -0.1) is 0 Å². The fraction of sp³-hybridized carbons (Fsp3) is 0.267. The molecule has 2 heterocycles. The summed E-state index contributed by atoms with van der Waals surface area (Å²) in [6, 6.07) is 0.608. The minimum atomic E-state index is -1.20. The van der Waals surface area contributed by atoms with Crippen molar-refractivity contribution in [3.05, 3.63) is 47.5 Å². The van der Waals surface area contributed by atoms with Crippen LogP contribution in [0.2, 0.25) is 0 Å². The third-order valence-electron chi connectivity index (χ3n) is 3.41. The Morgan fingerprint density at radius 2 is 1.88 bits per heavy atom. The summed E-state index contributed by atoms with van der Waals surface area (Å²) in [5, 5.41) is 0. The molecule has 0 spiro atoms. The van der Waals surface area contributed by atoms with Gasteiger partial charge in [-0.1, -0.05) is 0 Å². The fourth-order valence-corrected chi connectivity index (χ4v) is 2.16. The molecule has 1 aromatic heterocycles. The van der Waals surface area contributed by atoms with E-state index in [0.29, 0.717) is 24.3 Å². The summed E-state index contributed by atoms with van der Waals surface area (Å²) < 4.78 is 49.7. The molecule has 0 radical (unpaired) electrons. The van der Waals surface area contributed by atoms with Crippen LogP contribution in [-0.2, 0) is 11.3 Å². The quantitative estimate of drug-likeness (QED) is 0.857.